The summed E-state index contributed by atoms with van der Waals surface area (Å²) in [7, 11) is 1.62. The third-order valence-corrected chi connectivity index (χ3v) is 8.30. The topological polar surface area (TPSA) is 94.9 Å². The number of nitrogens with one attached hydrogen (secondary N) is 1. The maximum atomic E-state index is 13.8. The van der Waals surface area contributed by atoms with Crippen LogP contribution in [-0.4, -0.2) is 60.9 Å². The van der Waals surface area contributed by atoms with Crippen LogP contribution in [-0.2, 0) is 19.7 Å². The number of carbonyl (C=O) groups excluding carboxylic acids is 2. The summed E-state index contributed by atoms with van der Waals surface area (Å²) in [6.45, 7) is 7.29. The van der Waals surface area contributed by atoms with Crippen molar-refractivity contribution in [3.05, 3.63) is 64.3 Å². The summed E-state index contributed by atoms with van der Waals surface area (Å²) in [6, 6.07) is 13.2. The quantitative estimate of drug-likeness (QED) is 0.377. The van der Waals surface area contributed by atoms with Crippen molar-refractivity contribution >= 4 is 41.0 Å². The van der Waals surface area contributed by atoms with Crippen molar-refractivity contribution in [2.75, 3.05) is 44.3 Å². The molecular formula is C29H33ClN4O5S. The standard InChI is InChI=1S/C29H33ClN4O5S/c1-29(2,3)27-25-26(18-10-11-21-22(14-18)39-17-38-21)40-16-24(36)33(15-23(35)31-12-7-13-37-4)28(25)34(32-27)20-9-6-5-8-19(20)30/h5-6,8-11,14,26H,7,12-13,15-17H2,1-4H3,(H,31,35)/t26-/m1/s1. The van der Waals surface area contributed by atoms with Gasteiger partial charge in [-0.05, 0) is 36.2 Å². The van der Waals surface area contributed by atoms with Gasteiger partial charge in [-0.2, -0.15) is 5.10 Å². The monoisotopic (exact) mass is 584 g/mol. The van der Waals surface area contributed by atoms with Crippen LogP contribution in [0.5, 0.6) is 11.5 Å². The van der Waals surface area contributed by atoms with Gasteiger partial charge in [0, 0.05) is 31.2 Å². The Kier molecular flexibility index (Phi) is 8.30. The fourth-order valence-electron chi connectivity index (χ4n) is 4.85. The fraction of sp³-hybridized carbons (Fsp3) is 0.414. The van der Waals surface area contributed by atoms with Crippen molar-refractivity contribution in [3.8, 4) is 17.2 Å². The molecule has 1 atom stereocenters. The van der Waals surface area contributed by atoms with E-state index in [1.807, 2.05) is 36.4 Å². The first-order valence-corrected chi connectivity index (χ1v) is 14.6. The minimum atomic E-state index is -0.382. The van der Waals surface area contributed by atoms with Gasteiger partial charge in [-0.15, -0.1) is 11.8 Å². The number of amides is 2. The molecule has 3 aromatic rings. The van der Waals surface area contributed by atoms with E-state index in [1.165, 1.54) is 11.8 Å². The summed E-state index contributed by atoms with van der Waals surface area (Å²) in [4.78, 5) is 28.4. The zero-order chi connectivity index (χ0) is 28.4. The Morgan fingerprint density at radius 3 is 2.73 bits per heavy atom. The summed E-state index contributed by atoms with van der Waals surface area (Å²) < 4.78 is 18.0. The molecule has 2 amide bonds. The molecule has 1 aromatic heterocycles. The number of benzene rings is 2. The van der Waals surface area contributed by atoms with Crippen molar-refractivity contribution in [1.82, 2.24) is 15.1 Å². The second-order valence-electron chi connectivity index (χ2n) is 10.7. The van der Waals surface area contributed by atoms with Crippen molar-refractivity contribution in [2.24, 2.45) is 0 Å². The van der Waals surface area contributed by atoms with Gasteiger partial charge in [-0.25, -0.2) is 4.68 Å². The molecule has 5 rings (SSSR count). The number of carbonyl (C=O) groups is 2. The van der Waals surface area contributed by atoms with Crippen LogP contribution in [0.4, 0.5) is 5.82 Å². The molecule has 2 aromatic carbocycles. The molecule has 40 heavy (non-hydrogen) atoms. The molecule has 0 fully saturated rings. The summed E-state index contributed by atoms with van der Waals surface area (Å²) >= 11 is 8.19. The van der Waals surface area contributed by atoms with E-state index in [0.717, 1.165) is 16.8 Å². The van der Waals surface area contributed by atoms with E-state index in [9.17, 15) is 9.59 Å². The van der Waals surface area contributed by atoms with Gasteiger partial charge in [0.15, 0.2) is 11.5 Å². The second-order valence-corrected chi connectivity index (χ2v) is 12.2. The second kappa shape index (κ2) is 11.7. The number of nitrogens with zero attached hydrogens (tertiary/aromatic N) is 3. The van der Waals surface area contributed by atoms with Crippen molar-refractivity contribution < 1.29 is 23.8 Å². The lowest BCUT2D eigenvalue weighted by molar-refractivity contribution is -0.122. The van der Waals surface area contributed by atoms with Gasteiger partial charge in [0.1, 0.15) is 12.4 Å². The average Bonchev–Trinajstić information content (AvgIpc) is 3.52. The van der Waals surface area contributed by atoms with Crippen LogP contribution in [0.25, 0.3) is 5.69 Å². The maximum absolute atomic E-state index is 13.8. The van der Waals surface area contributed by atoms with E-state index in [1.54, 1.807) is 22.8 Å². The molecule has 0 spiro atoms. The molecule has 0 unspecified atom stereocenters. The highest BCUT2D eigenvalue weighted by atomic mass is 35.5. The summed E-state index contributed by atoms with van der Waals surface area (Å²) in [5.74, 6) is 1.63. The van der Waals surface area contributed by atoms with E-state index < -0.39 is 0 Å². The van der Waals surface area contributed by atoms with E-state index in [2.05, 4.69) is 26.1 Å². The zero-order valence-electron chi connectivity index (χ0n) is 23.0. The van der Waals surface area contributed by atoms with Crippen LogP contribution in [0, 0.1) is 0 Å². The Hall–Kier alpha value is -3.21. The molecule has 0 saturated carbocycles. The van der Waals surface area contributed by atoms with Gasteiger partial charge in [0.2, 0.25) is 18.6 Å². The van der Waals surface area contributed by atoms with Crippen molar-refractivity contribution in [2.45, 2.75) is 37.9 Å². The van der Waals surface area contributed by atoms with Crippen molar-refractivity contribution in [1.29, 1.82) is 0 Å². The Morgan fingerprint density at radius 2 is 1.98 bits per heavy atom. The SMILES string of the molecule is COCCCNC(=O)CN1C(=O)CS[C@H](c2ccc3c(c2)OCO3)c2c(C(C)(C)C)nn(-c3ccccc3Cl)c21. The number of anilines is 1. The first-order chi connectivity index (χ1) is 19.2. The van der Waals surface area contributed by atoms with Crippen LogP contribution in [0.15, 0.2) is 42.5 Å². The summed E-state index contributed by atoms with van der Waals surface area (Å²) in [6.07, 6.45) is 0.676. The van der Waals surface area contributed by atoms with Gasteiger partial charge in [-0.3, -0.25) is 14.5 Å². The molecule has 1 N–H and O–H groups in total. The van der Waals surface area contributed by atoms with Crippen LogP contribution in [0.3, 0.4) is 0 Å². The number of hydrogen-bond acceptors (Lipinski definition) is 7. The van der Waals surface area contributed by atoms with E-state index in [4.69, 9.17) is 30.9 Å². The van der Waals surface area contributed by atoms with Crippen LogP contribution in [0.1, 0.15) is 49.3 Å². The Bertz CT molecular complexity index is 1420. The molecule has 2 aliphatic heterocycles. The van der Waals surface area contributed by atoms with E-state index >= 15 is 0 Å². The average molecular weight is 585 g/mol. The third kappa shape index (κ3) is 5.66. The lowest BCUT2D eigenvalue weighted by Crippen LogP contribution is -2.42. The number of thioether (sulfide) groups is 1. The molecule has 3 heterocycles. The highest BCUT2D eigenvalue weighted by Gasteiger charge is 2.40. The number of rotatable bonds is 8. The Labute approximate surface area is 243 Å². The van der Waals surface area contributed by atoms with E-state index in [0.29, 0.717) is 47.6 Å². The van der Waals surface area contributed by atoms with Gasteiger partial charge in [0.05, 0.1) is 27.4 Å². The highest BCUT2D eigenvalue weighted by molar-refractivity contribution is 8.00. The molecule has 11 heteroatoms. The number of para-hydroxylation sites is 1. The Morgan fingerprint density at radius 1 is 1.20 bits per heavy atom. The largest absolute Gasteiger partial charge is 0.454 e. The predicted molar refractivity (Wildman–Crippen MR) is 156 cm³/mol. The van der Waals surface area contributed by atoms with Gasteiger partial charge in [0.25, 0.3) is 0 Å². The number of halogens is 1. The fourth-order valence-corrected chi connectivity index (χ4v) is 6.25. The first kappa shape index (κ1) is 28.3. The zero-order valence-corrected chi connectivity index (χ0v) is 24.6. The van der Waals surface area contributed by atoms with Crippen LogP contribution >= 0.6 is 23.4 Å². The Balaban J connectivity index is 1.68. The normalized spacial score (nSPS) is 16.6. The predicted octanol–water partition coefficient (Wildman–Crippen LogP) is 4.87. The molecule has 212 valence electrons. The summed E-state index contributed by atoms with van der Waals surface area (Å²) in [5.41, 5.74) is 2.89. The van der Waals surface area contributed by atoms with Crippen LogP contribution < -0.4 is 19.7 Å². The molecule has 0 radical (unpaired) electrons. The van der Waals surface area contributed by atoms with Gasteiger partial charge >= 0.3 is 0 Å². The maximum Gasteiger partial charge on any atom is 0.240 e. The number of methoxy groups -OCH3 is 1. The number of fused-ring (bicyclic) bond motifs is 2. The smallest absolute Gasteiger partial charge is 0.240 e. The van der Waals surface area contributed by atoms with E-state index in [-0.39, 0.29) is 41.6 Å². The third-order valence-electron chi connectivity index (χ3n) is 6.73. The number of aromatic nitrogens is 2. The molecule has 0 bridgehead atoms. The molecule has 0 saturated heterocycles. The molecule has 9 nitrogen and oxygen atoms in total. The molecule has 2 aliphatic rings. The van der Waals surface area contributed by atoms with Gasteiger partial charge in [-0.1, -0.05) is 50.6 Å². The number of ether oxygens (including phenoxy) is 3. The molecular weight excluding hydrogens is 552 g/mol. The van der Waals surface area contributed by atoms with Crippen molar-refractivity contribution in [3.63, 3.8) is 0 Å². The summed E-state index contributed by atoms with van der Waals surface area (Å²) in [5, 5.41) is 8.22. The molecule has 0 aliphatic carbocycles. The minimum Gasteiger partial charge on any atom is -0.454 e. The lowest BCUT2D eigenvalue weighted by Gasteiger charge is -2.24. The van der Waals surface area contributed by atoms with Crippen LogP contribution in [0.2, 0.25) is 5.02 Å². The minimum absolute atomic E-state index is 0.146. The van der Waals surface area contributed by atoms with Gasteiger partial charge < -0.3 is 19.5 Å². The number of hydrogen-bond donors (Lipinski definition) is 1. The first-order valence-electron chi connectivity index (χ1n) is 13.1. The highest BCUT2D eigenvalue weighted by Crippen LogP contribution is 2.50. The lowest BCUT2D eigenvalue weighted by atomic mass is 9.87.